The number of H-pyrrole nitrogens is 2. The van der Waals surface area contributed by atoms with Crippen molar-refractivity contribution in [2.45, 2.75) is 25.9 Å². The Morgan fingerprint density at radius 3 is 1.69 bits per heavy atom. The molecule has 6 heterocycles. The van der Waals surface area contributed by atoms with Crippen LogP contribution < -0.4 is 11.1 Å². The highest BCUT2D eigenvalue weighted by Gasteiger charge is 2.20. The maximum atomic E-state index is 13.8. The molecule has 10 rings (SSSR count). The molecule has 0 fully saturated rings. The van der Waals surface area contributed by atoms with E-state index in [1.807, 2.05) is 68.4 Å². The van der Waals surface area contributed by atoms with Crippen molar-refractivity contribution in [1.29, 1.82) is 0 Å². The first-order valence-electron chi connectivity index (χ1n) is 18.7. The Morgan fingerprint density at radius 2 is 1.13 bits per heavy atom. The van der Waals surface area contributed by atoms with Gasteiger partial charge in [-0.1, -0.05) is 59.6 Å². The topological polar surface area (TPSA) is 173 Å². The second-order valence-electron chi connectivity index (χ2n) is 13.7. The zero-order valence-electron chi connectivity index (χ0n) is 32.2. The second-order valence-corrected chi connectivity index (χ2v) is 15.3. The average Bonchev–Trinajstić information content (AvgIpc) is 3.95. The van der Waals surface area contributed by atoms with Crippen LogP contribution in [0.4, 0.5) is 14.6 Å². The number of hydrogen-bond acceptors (Lipinski definition) is 10. The lowest BCUT2D eigenvalue weighted by atomic mass is 9.98. The van der Waals surface area contributed by atoms with Crippen molar-refractivity contribution in [3.05, 3.63) is 160 Å². The van der Waals surface area contributed by atoms with E-state index in [-0.39, 0.29) is 23.7 Å². The first-order valence-corrected chi connectivity index (χ1v) is 20.2. The van der Waals surface area contributed by atoms with Gasteiger partial charge in [-0.25, -0.2) is 48.7 Å². The third-order valence-corrected chi connectivity index (χ3v) is 10.8. The summed E-state index contributed by atoms with van der Waals surface area (Å²) in [7, 11) is 0. The Morgan fingerprint density at radius 1 is 0.623 bits per heavy atom. The van der Waals surface area contributed by atoms with Crippen LogP contribution in [0, 0.1) is 11.6 Å². The monoisotopic (exact) mass is 916 g/mol. The van der Waals surface area contributed by atoms with Crippen molar-refractivity contribution in [3.63, 3.8) is 0 Å². The Kier molecular flexibility index (Phi) is 12.2. The van der Waals surface area contributed by atoms with E-state index in [0.717, 1.165) is 48.7 Å². The second kappa shape index (κ2) is 18.0. The highest BCUT2D eigenvalue weighted by molar-refractivity contribution is 9.10. The van der Waals surface area contributed by atoms with Gasteiger partial charge in [0.25, 0.3) is 0 Å². The molecule has 10 aromatic rings. The fourth-order valence-electron chi connectivity index (χ4n) is 6.62. The minimum absolute atomic E-state index is 0.181. The van der Waals surface area contributed by atoms with Crippen LogP contribution in [0.25, 0.3) is 66.6 Å². The molecule has 0 aliphatic rings. The maximum Gasteiger partial charge on any atom is 0.182 e. The minimum atomic E-state index is -0.332. The average molecular weight is 919 g/mol. The van der Waals surface area contributed by atoms with Gasteiger partial charge in [-0.3, -0.25) is 0 Å². The van der Waals surface area contributed by atoms with Crippen LogP contribution in [0.5, 0.6) is 0 Å². The molecule has 0 saturated carbocycles. The molecule has 304 valence electrons. The summed E-state index contributed by atoms with van der Waals surface area (Å²) >= 11 is 16.0. The molecule has 0 amide bonds. The van der Waals surface area contributed by atoms with E-state index < -0.39 is 0 Å². The summed E-state index contributed by atoms with van der Waals surface area (Å²) in [6.07, 6.45) is 6.10. The number of imidazole rings is 2. The van der Waals surface area contributed by atoms with Crippen molar-refractivity contribution in [2.24, 2.45) is 5.73 Å². The Bertz CT molecular complexity index is 3180. The highest BCUT2D eigenvalue weighted by Crippen LogP contribution is 2.36. The van der Waals surface area contributed by atoms with Crippen molar-refractivity contribution < 1.29 is 8.78 Å². The van der Waals surface area contributed by atoms with E-state index in [1.165, 1.54) is 36.9 Å². The largest absolute Gasteiger partial charge is 0.362 e. The van der Waals surface area contributed by atoms with Crippen molar-refractivity contribution in [3.8, 4) is 22.5 Å². The van der Waals surface area contributed by atoms with E-state index in [4.69, 9.17) is 33.9 Å². The van der Waals surface area contributed by atoms with E-state index in [1.54, 1.807) is 30.9 Å². The van der Waals surface area contributed by atoms with Crippen LogP contribution in [0.3, 0.4) is 0 Å². The Hall–Kier alpha value is -6.52. The molecule has 5 N–H and O–H groups in total. The molecule has 2 unspecified atom stereocenters. The van der Waals surface area contributed by atoms with Crippen LogP contribution in [0.15, 0.2) is 127 Å². The standard InChI is InChI=1S/C22H16ClFN6.C17H14ClFN2.C5H3BrN4/c1-12(29-22-20-21(26-10-25-20)27-11-28-22)16-8-13-6-7-14(24)9-18(13)30-19(16)15-4-2-3-5-17(15)23;1-10(20)14-8-11-6-7-12(19)9-16(11)21-17(14)13-4-2-3-5-15(13)18;6-4-3-5(9-1-7-3)10-2-8-4/h2-12H,1H3,(H2,25,26,27,28,29);2-10H,20H2,1H3;1-2H,(H,7,8,9,10). The number of benzene rings is 4. The molecule has 0 spiro atoms. The third kappa shape index (κ3) is 9.00. The number of aromatic nitrogens is 10. The van der Waals surface area contributed by atoms with E-state index in [0.29, 0.717) is 49.6 Å². The lowest BCUT2D eigenvalue weighted by Gasteiger charge is -2.20. The molecule has 0 aliphatic carbocycles. The van der Waals surface area contributed by atoms with Crippen molar-refractivity contribution in [1.82, 2.24) is 49.8 Å². The van der Waals surface area contributed by atoms with Crippen LogP contribution in [-0.2, 0) is 0 Å². The van der Waals surface area contributed by atoms with Crippen molar-refractivity contribution in [2.75, 3.05) is 5.32 Å². The fourth-order valence-corrected chi connectivity index (χ4v) is 7.46. The first kappa shape index (κ1) is 41.2. The number of hydrogen-bond donors (Lipinski definition) is 4. The molecule has 0 bridgehead atoms. The first-order chi connectivity index (χ1) is 29.5. The summed E-state index contributed by atoms with van der Waals surface area (Å²) < 4.78 is 28.0. The number of nitrogens with one attached hydrogen (secondary N) is 3. The van der Waals surface area contributed by atoms with Gasteiger partial charge in [0.05, 0.1) is 41.1 Å². The number of nitrogens with two attached hydrogens (primary N) is 1. The van der Waals surface area contributed by atoms with Crippen molar-refractivity contribution >= 4 is 89.1 Å². The predicted molar refractivity (Wildman–Crippen MR) is 240 cm³/mol. The zero-order valence-corrected chi connectivity index (χ0v) is 35.3. The zero-order chi connectivity index (χ0) is 42.6. The molecular formula is C44H33BrCl2F2N12. The van der Waals surface area contributed by atoms with Gasteiger partial charge in [-0.2, -0.15) is 0 Å². The summed E-state index contributed by atoms with van der Waals surface area (Å²) in [6, 6.07) is 27.6. The normalized spacial score (nSPS) is 12.1. The number of anilines is 1. The van der Waals surface area contributed by atoms with Gasteiger partial charge in [-0.05, 0) is 83.9 Å². The highest BCUT2D eigenvalue weighted by atomic mass is 79.9. The number of rotatable bonds is 6. The third-order valence-electron chi connectivity index (χ3n) is 9.59. The molecule has 0 aliphatic heterocycles. The number of pyridine rings is 2. The SMILES string of the molecule is Brc1ncnc2nc[nH]c12.CC(N)c1cc2ccc(F)cc2nc1-c1ccccc1Cl.CC(Nc1ncnc2nc[nH]c12)c1cc2ccc(F)cc2nc1-c1ccccc1Cl. The lowest BCUT2D eigenvalue weighted by Crippen LogP contribution is -2.11. The molecule has 4 aromatic carbocycles. The molecule has 61 heavy (non-hydrogen) atoms. The summed E-state index contributed by atoms with van der Waals surface area (Å²) in [5, 5.41) is 6.29. The van der Waals surface area contributed by atoms with E-state index >= 15 is 0 Å². The molecule has 0 radical (unpaired) electrons. The van der Waals surface area contributed by atoms with E-state index in [2.05, 4.69) is 66.1 Å². The number of nitrogens with zero attached hydrogens (tertiary/aromatic N) is 8. The minimum Gasteiger partial charge on any atom is -0.362 e. The summed E-state index contributed by atoms with van der Waals surface area (Å²) in [5.74, 6) is -0.00961. The molecule has 0 saturated heterocycles. The van der Waals surface area contributed by atoms with Gasteiger partial charge >= 0.3 is 0 Å². The maximum absolute atomic E-state index is 13.8. The molecular weight excluding hydrogens is 885 g/mol. The molecule has 12 nitrogen and oxygen atoms in total. The number of halogens is 5. The van der Waals surface area contributed by atoms with Gasteiger partial charge in [0, 0.05) is 55.7 Å². The number of fused-ring (bicyclic) bond motifs is 4. The molecule has 2 atom stereocenters. The van der Waals surface area contributed by atoms with Crippen LogP contribution in [0.2, 0.25) is 10.0 Å². The van der Waals surface area contributed by atoms with Gasteiger partial charge < -0.3 is 21.0 Å². The quantitative estimate of drug-likeness (QED) is 0.118. The van der Waals surface area contributed by atoms with Gasteiger partial charge in [0.15, 0.2) is 17.1 Å². The van der Waals surface area contributed by atoms with Gasteiger partial charge in [-0.15, -0.1) is 0 Å². The Balaban J connectivity index is 0.000000143. The Labute approximate surface area is 365 Å². The summed E-state index contributed by atoms with van der Waals surface area (Å²) in [6.45, 7) is 3.91. The van der Waals surface area contributed by atoms with E-state index in [9.17, 15) is 8.78 Å². The lowest BCUT2D eigenvalue weighted by molar-refractivity contribution is 0.629. The van der Waals surface area contributed by atoms with Gasteiger partial charge in [0.2, 0.25) is 0 Å². The fraction of sp³-hybridized carbons (Fsp3) is 0.0909. The summed E-state index contributed by atoms with van der Waals surface area (Å²) in [5.41, 5.74) is 14.8. The smallest absolute Gasteiger partial charge is 0.182 e. The van der Waals surface area contributed by atoms with Crippen LogP contribution in [0.1, 0.15) is 37.1 Å². The molecule has 6 aromatic heterocycles. The van der Waals surface area contributed by atoms with Crippen LogP contribution in [-0.4, -0.2) is 49.8 Å². The van der Waals surface area contributed by atoms with Gasteiger partial charge in [0.1, 0.15) is 39.9 Å². The van der Waals surface area contributed by atoms with Crippen LogP contribution >= 0.6 is 39.1 Å². The predicted octanol–water partition coefficient (Wildman–Crippen LogP) is 11.4. The summed E-state index contributed by atoms with van der Waals surface area (Å²) in [4.78, 5) is 39.8. The number of aromatic amines is 2. The molecule has 17 heteroatoms.